The molecule has 0 bridgehead atoms. The molecule has 3 heteroatoms. The number of ether oxygens (including phenoxy) is 2. The van der Waals surface area contributed by atoms with Crippen molar-refractivity contribution in [2.24, 2.45) is 11.3 Å². The quantitative estimate of drug-likeness (QED) is 0.290. The van der Waals surface area contributed by atoms with Gasteiger partial charge in [-0.3, -0.25) is 4.79 Å². The maximum absolute atomic E-state index is 11.5. The first-order valence-electron chi connectivity index (χ1n) is 13.3. The largest absolute Gasteiger partial charge is 0.488 e. The Kier molecular flexibility index (Phi) is 15.3. The molecule has 0 unspecified atom stereocenters. The summed E-state index contributed by atoms with van der Waals surface area (Å²) in [6, 6.07) is 15.6. The van der Waals surface area contributed by atoms with E-state index in [0.29, 0.717) is 5.75 Å². The lowest BCUT2D eigenvalue weighted by atomic mass is 9.96. The van der Waals surface area contributed by atoms with Gasteiger partial charge in [-0.1, -0.05) is 88.3 Å². The van der Waals surface area contributed by atoms with Crippen LogP contribution in [0.3, 0.4) is 0 Å². The minimum atomic E-state index is -0.453. The molecule has 0 aliphatic carbocycles. The Morgan fingerprint density at radius 1 is 0.714 bits per heavy atom. The fourth-order valence-electron chi connectivity index (χ4n) is 3.20. The van der Waals surface area contributed by atoms with Crippen molar-refractivity contribution in [3.63, 3.8) is 0 Å². The Hall–Kier alpha value is -2.29. The lowest BCUT2D eigenvalue weighted by Crippen LogP contribution is -2.25. The lowest BCUT2D eigenvalue weighted by molar-refractivity contribution is -0.143. The fourth-order valence-corrected chi connectivity index (χ4v) is 3.20. The van der Waals surface area contributed by atoms with Crippen LogP contribution in [0.1, 0.15) is 106 Å². The van der Waals surface area contributed by atoms with E-state index in [4.69, 9.17) is 9.47 Å². The van der Waals surface area contributed by atoms with Crippen LogP contribution in [0.5, 0.6) is 11.5 Å². The highest BCUT2D eigenvalue weighted by Crippen LogP contribution is 2.20. The predicted molar refractivity (Wildman–Crippen MR) is 151 cm³/mol. The molecule has 0 amide bonds. The number of hydrogen-bond acceptors (Lipinski definition) is 3. The number of esters is 1. The topological polar surface area (TPSA) is 35.5 Å². The normalized spacial score (nSPS) is 11.1. The van der Waals surface area contributed by atoms with Crippen LogP contribution in [0.4, 0.5) is 0 Å². The smallest absolute Gasteiger partial charge is 0.316 e. The van der Waals surface area contributed by atoms with Gasteiger partial charge in [-0.25, -0.2) is 0 Å². The van der Waals surface area contributed by atoms with Crippen molar-refractivity contribution in [2.75, 3.05) is 0 Å². The van der Waals surface area contributed by atoms with Gasteiger partial charge in [-0.2, -0.15) is 0 Å². The van der Waals surface area contributed by atoms with Crippen molar-refractivity contribution in [3.8, 4) is 11.5 Å². The van der Waals surface area contributed by atoms with E-state index < -0.39 is 5.41 Å². The van der Waals surface area contributed by atoms with Crippen LogP contribution in [-0.2, 0) is 4.79 Å². The molecule has 2 aromatic rings. The molecule has 0 heterocycles. The second kappa shape index (κ2) is 16.4. The molecular weight excluding hydrogens is 432 g/mol. The fraction of sp³-hybridized carbons (Fsp3) is 0.594. The van der Waals surface area contributed by atoms with Crippen LogP contribution in [-0.4, -0.2) is 11.6 Å². The third kappa shape index (κ3) is 16.9. The summed E-state index contributed by atoms with van der Waals surface area (Å²) in [6.07, 6.45) is 6.97. The van der Waals surface area contributed by atoms with Gasteiger partial charge in [0, 0.05) is 0 Å². The first kappa shape index (κ1) is 32.7. The van der Waals surface area contributed by atoms with Crippen LogP contribution >= 0.6 is 0 Å². The van der Waals surface area contributed by atoms with Gasteiger partial charge >= 0.3 is 5.97 Å². The molecule has 0 saturated carbocycles. The van der Waals surface area contributed by atoms with Crippen molar-refractivity contribution in [1.82, 2.24) is 0 Å². The van der Waals surface area contributed by atoms with E-state index in [1.807, 2.05) is 72.7 Å². The van der Waals surface area contributed by atoms with Crippen molar-refractivity contribution < 1.29 is 14.3 Å². The van der Waals surface area contributed by atoms with Crippen molar-refractivity contribution >= 4 is 5.97 Å². The summed E-state index contributed by atoms with van der Waals surface area (Å²) in [6.45, 7) is 22.6. The number of carbonyl (C=O) groups excluding carboxylic acids is 1. The Balaban J connectivity index is 0.000000509. The number of benzene rings is 2. The van der Waals surface area contributed by atoms with E-state index in [-0.39, 0.29) is 11.6 Å². The maximum Gasteiger partial charge on any atom is 0.316 e. The van der Waals surface area contributed by atoms with Crippen LogP contribution in [0.25, 0.3) is 0 Å². The third-order valence-corrected chi connectivity index (χ3v) is 5.26. The number of aryl methyl sites for hydroxylation is 2. The highest BCUT2D eigenvalue weighted by molar-refractivity contribution is 5.77. The van der Waals surface area contributed by atoms with Gasteiger partial charge in [0.15, 0.2) is 0 Å². The molecule has 2 rings (SSSR count). The molecule has 35 heavy (non-hydrogen) atoms. The van der Waals surface area contributed by atoms with Crippen molar-refractivity contribution in [3.05, 3.63) is 59.7 Å². The summed E-state index contributed by atoms with van der Waals surface area (Å²) in [7, 11) is 0. The predicted octanol–water partition coefficient (Wildman–Crippen LogP) is 9.73. The first-order valence-corrected chi connectivity index (χ1v) is 13.3. The van der Waals surface area contributed by atoms with Gasteiger partial charge in [0.25, 0.3) is 0 Å². The monoisotopic (exact) mass is 484 g/mol. The Morgan fingerprint density at radius 3 is 1.43 bits per heavy atom. The molecule has 3 nitrogen and oxygen atoms in total. The summed E-state index contributed by atoms with van der Waals surface area (Å²) < 4.78 is 10.9. The first-order chi connectivity index (χ1) is 16.2. The van der Waals surface area contributed by atoms with Gasteiger partial charge in [0.2, 0.25) is 0 Å². The van der Waals surface area contributed by atoms with E-state index >= 15 is 0 Å². The third-order valence-electron chi connectivity index (χ3n) is 5.26. The molecule has 0 aliphatic heterocycles. The average Bonchev–Trinajstić information content (AvgIpc) is 2.76. The Bertz CT molecular complexity index is 800. The molecule has 2 aromatic carbocycles. The van der Waals surface area contributed by atoms with Gasteiger partial charge in [0.05, 0.1) is 5.41 Å². The van der Waals surface area contributed by atoms with E-state index in [1.165, 1.54) is 37.7 Å². The summed E-state index contributed by atoms with van der Waals surface area (Å²) >= 11 is 0. The maximum atomic E-state index is 11.5. The van der Waals surface area contributed by atoms with Crippen LogP contribution in [0, 0.1) is 25.2 Å². The van der Waals surface area contributed by atoms with E-state index in [2.05, 4.69) is 39.8 Å². The molecule has 0 spiro atoms. The zero-order valence-electron chi connectivity index (χ0n) is 24.5. The number of carbonyl (C=O) groups is 1. The highest BCUT2D eigenvalue weighted by atomic mass is 16.5. The van der Waals surface area contributed by atoms with Gasteiger partial charge < -0.3 is 9.47 Å². The molecule has 0 radical (unpaired) electrons. The van der Waals surface area contributed by atoms with Gasteiger partial charge in [0.1, 0.15) is 17.1 Å². The SMILES string of the molecule is CCCC(CC)CCC.Cc1ccc(OC(=O)C(C)(C)C)cc1.Cc1ccc(OC(C)(C)C)cc1. The molecule has 0 fully saturated rings. The molecule has 0 N–H and O–H groups in total. The molecule has 0 saturated heterocycles. The van der Waals surface area contributed by atoms with E-state index in [1.54, 1.807) is 12.1 Å². The van der Waals surface area contributed by atoms with Crippen LogP contribution in [0.15, 0.2) is 48.5 Å². The minimum absolute atomic E-state index is 0.102. The Morgan fingerprint density at radius 2 is 1.11 bits per heavy atom. The standard InChI is InChI=1S/C12H16O2.C11H16O.C9H20/c1-9-5-7-10(8-6-9)14-11(13)12(2,3)4;1-9-5-7-10(8-6-9)12-11(2,3)4;1-4-7-9(6-3)8-5-2/h5-8H,1-4H3;5-8H,1-4H3;9H,4-8H2,1-3H3. The Labute approximate surface area is 216 Å². The van der Waals surface area contributed by atoms with E-state index in [9.17, 15) is 4.79 Å². The second-order valence-corrected chi connectivity index (χ2v) is 11.3. The summed E-state index contributed by atoms with van der Waals surface area (Å²) in [5.74, 6) is 2.35. The molecule has 0 aliphatic rings. The van der Waals surface area contributed by atoms with Crippen LogP contribution < -0.4 is 9.47 Å². The number of hydrogen-bond donors (Lipinski definition) is 0. The van der Waals surface area contributed by atoms with Crippen LogP contribution in [0.2, 0.25) is 0 Å². The molecule has 0 atom stereocenters. The molecule has 198 valence electrons. The number of rotatable bonds is 7. The zero-order valence-corrected chi connectivity index (χ0v) is 24.5. The van der Waals surface area contributed by atoms with Crippen molar-refractivity contribution in [1.29, 1.82) is 0 Å². The zero-order chi connectivity index (χ0) is 27.1. The lowest BCUT2D eigenvalue weighted by Gasteiger charge is -2.21. The average molecular weight is 485 g/mol. The molecular formula is C32H52O3. The van der Waals surface area contributed by atoms with E-state index in [0.717, 1.165) is 17.2 Å². The summed E-state index contributed by atoms with van der Waals surface area (Å²) in [4.78, 5) is 11.5. The highest BCUT2D eigenvalue weighted by Gasteiger charge is 2.23. The summed E-state index contributed by atoms with van der Waals surface area (Å²) in [5, 5.41) is 0. The molecule has 0 aromatic heterocycles. The van der Waals surface area contributed by atoms with Gasteiger partial charge in [-0.05, 0) is 85.6 Å². The summed E-state index contributed by atoms with van der Waals surface area (Å²) in [5.41, 5.74) is 1.86. The van der Waals surface area contributed by atoms with Crippen molar-refractivity contribution in [2.45, 2.75) is 114 Å². The minimum Gasteiger partial charge on any atom is -0.488 e. The van der Waals surface area contributed by atoms with Gasteiger partial charge in [-0.15, -0.1) is 0 Å². The second-order valence-electron chi connectivity index (χ2n) is 11.3.